The Bertz CT molecular complexity index is 502. The van der Waals surface area contributed by atoms with E-state index in [0.717, 1.165) is 5.56 Å². The smallest absolute Gasteiger partial charge is 0.320 e. The summed E-state index contributed by atoms with van der Waals surface area (Å²) in [5.41, 5.74) is 2.27. The summed E-state index contributed by atoms with van der Waals surface area (Å²) in [4.78, 5) is 24.9. The molecule has 23 heavy (non-hydrogen) atoms. The average Bonchev–Trinajstić information content (AvgIpc) is 2.49. The van der Waals surface area contributed by atoms with E-state index in [4.69, 9.17) is 9.47 Å². The highest BCUT2D eigenvalue weighted by atomic mass is 16.5. The van der Waals surface area contributed by atoms with E-state index in [1.54, 1.807) is 18.7 Å². The zero-order valence-electron chi connectivity index (χ0n) is 14.1. The molecular formula is C18H25NO4. The summed E-state index contributed by atoms with van der Waals surface area (Å²) in [6.45, 7) is 6.78. The maximum Gasteiger partial charge on any atom is 0.320 e. The SMILES string of the molecule is CCOC(=O)CN(C/C=C/c1ccc(C)cc1)CC(=O)OCC. The minimum atomic E-state index is -0.347. The lowest BCUT2D eigenvalue weighted by Crippen LogP contribution is -2.36. The summed E-state index contributed by atoms with van der Waals surface area (Å²) in [5, 5.41) is 0. The molecule has 0 atom stereocenters. The maximum atomic E-state index is 11.6. The standard InChI is InChI=1S/C18H25NO4/c1-4-22-17(20)13-19(14-18(21)23-5-2)12-6-7-16-10-8-15(3)9-11-16/h6-11H,4-5,12-14H2,1-3H3/b7-6+. The Morgan fingerprint density at radius 1 is 1.00 bits per heavy atom. The van der Waals surface area contributed by atoms with E-state index in [2.05, 4.69) is 0 Å². The van der Waals surface area contributed by atoms with Gasteiger partial charge >= 0.3 is 11.9 Å². The molecular weight excluding hydrogens is 294 g/mol. The predicted molar refractivity (Wildman–Crippen MR) is 89.9 cm³/mol. The number of esters is 2. The zero-order chi connectivity index (χ0) is 17.1. The molecule has 0 aliphatic heterocycles. The van der Waals surface area contributed by atoms with Crippen molar-refractivity contribution in [3.05, 3.63) is 41.5 Å². The predicted octanol–water partition coefficient (Wildman–Crippen LogP) is 2.44. The molecule has 0 amide bonds. The summed E-state index contributed by atoms with van der Waals surface area (Å²) in [5.74, 6) is -0.693. The van der Waals surface area contributed by atoms with Gasteiger partial charge in [-0.1, -0.05) is 42.0 Å². The molecule has 0 N–H and O–H groups in total. The van der Waals surface area contributed by atoms with Crippen LogP contribution in [0.25, 0.3) is 6.08 Å². The Kier molecular flexibility index (Phi) is 8.68. The van der Waals surface area contributed by atoms with Crippen molar-refractivity contribution in [3.63, 3.8) is 0 Å². The van der Waals surface area contributed by atoms with Crippen LogP contribution < -0.4 is 0 Å². The fourth-order valence-electron chi connectivity index (χ4n) is 1.98. The van der Waals surface area contributed by atoms with E-state index in [9.17, 15) is 9.59 Å². The monoisotopic (exact) mass is 319 g/mol. The van der Waals surface area contributed by atoms with E-state index in [0.29, 0.717) is 19.8 Å². The van der Waals surface area contributed by atoms with Gasteiger partial charge in [-0.05, 0) is 26.3 Å². The van der Waals surface area contributed by atoms with Crippen LogP contribution >= 0.6 is 0 Å². The van der Waals surface area contributed by atoms with Gasteiger partial charge in [-0.3, -0.25) is 14.5 Å². The molecule has 126 valence electrons. The molecule has 0 bridgehead atoms. The van der Waals surface area contributed by atoms with Crippen molar-refractivity contribution in [3.8, 4) is 0 Å². The first-order valence-corrected chi connectivity index (χ1v) is 7.82. The van der Waals surface area contributed by atoms with Crippen molar-refractivity contribution in [1.82, 2.24) is 4.90 Å². The van der Waals surface area contributed by atoms with Gasteiger partial charge in [0.15, 0.2) is 0 Å². The van der Waals surface area contributed by atoms with Crippen molar-refractivity contribution < 1.29 is 19.1 Å². The first-order valence-electron chi connectivity index (χ1n) is 7.82. The van der Waals surface area contributed by atoms with E-state index in [-0.39, 0.29) is 25.0 Å². The van der Waals surface area contributed by atoms with Crippen molar-refractivity contribution in [1.29, 1.82) is 0 Å². The number of carbonyl (C=O) groups is 2. The maximum absolute atomic E-state index is 11.6. The number of hydrogen-bond donors (Lipinski definition) is 0. The molecule has 5 nitrogen and oxygen atoms in total. The molecule has 0 spiro atoms. The normalized spacial score (nSPS) is 11.0. The second-order valence-electron chi connectivity index (χ2n) is 5.09. The van der Waals surface area contributed by atoms with Crippen molar-refractivity contribution >= 4 is 18.0 Å². The molecule has 0 aromatic heterocycles. The van der Waals surface area contributed by atoms with Crippen LogP contribution in [0.15, 0.2) is 30.3 Å². The minimum absolute atomic E-state index is 0.0604. The molecule has 0 aliphatic rings. The van der Waals surface area contributed by atoms with Gasteiger partial charge in [-0.2, -0.15) is 0 Å². The van der Waals surface area contributed by atoms with Gasteiger partial charge in [0.1, 0.15) is 0 Å². The highest BCUT2D eigenvalue weighted by Gasteiger charge is 2.14. The van der Waals surface area contributed by atoms with E-state index in [1.165, 1.54) is 5.56 Å². The molecule has 0 saturated heterocycles. The van der Waals surface area contributed by atoms with Gasteiger partial charge in [0.25, 0.3) is 0 Å². The second-order valence-corrected chi connectivity index (χ2v) is 5.09. The highest BCUT2D eigenvalue weighted by molar-refractivity contribution is 5.75. The Balaban J connectivity index is 2.61. The lowest BCUT2D eigenvalue weighted by Gasteiger charge is -2.18. The first kappa shape index (κ1) is 18.9. The molecule has 0 heterocycles. The molecule has 1 aromatic rings. The van der Waals surface area contributed by atoms with Gasteiger partial charge in [0.2, 0.25) is 0 Å². The van der Waals surface area contributed by atoms with E-state index in [1.807, 2.05) is 43.3 Å². The largest absolute Gasteiger partial charge is 0.465 e. The molecule has 0 fully saturated rings. The molecule has 1 aromatic carbocycles. The van der Waals surface area contributed by atoms with Crippen LogP contribution in [0.5, 0.6) is 0 Å². The number of aryl methyl sites for hydroxylation is 1. The van der Waals surface area contributed by atoms with E-state index >= 15 is 0 Å². The number of carbonyl (C=O) groups excluding carboxylic acids is 2. The lowest BCUT2D eigenvalue weighted by atomic mass is 10.1. The lowest BCUT2D eigenvalue weighted by molar-refractivity contribution is -0.147. The van der Waals surface area contributed by atoms with Crippen LogP contribution in [0.1, 0.15) is 25.0 Å². The summed E-state index contributed by atoms with van der Waals surface area (Å²) >= 11 is 0. The zero-order valence-corrected chi connectivity index (χ0v) is 14.1. The van der Waals surface area contributed by atoms with Crippen LogP contribution in [-0.4, -0.2) is 49.7 Å². The van der Waals surface area contributed by atoms with Crippen LogP contribution in [0, 0.1) is 6.92 Å². The Morgan fingerprint density at radius 3 is 2.00 bits per heavy atom. The van der Waals surface area contributed by atoms with Crippen LogP contribution in [0.3, 0.4) is 0 Å². The Hall–Kier alpha value is -2.14. The van der Waals surface area contributed by atoms with Crippen molar-refractivity contribution in [2.75, 3.05) is 32.8 Å². The van der Waals surface area contributed by atoms with Crippen LogP contribution in [0.2, 0.25) is 0 Å². The van der Waals surface area contributed by atoms with Crippen LogP contribution in [0.4, 0.5) is 0 Å². The quantitative estimate of drug-likeness (QED) is 0.654. The number of hydrogen-bond acceptors (Lipinski definition) is 5. The fraction of sp³-hybridized carbons (Fsp3) is 0.444. The molecule has 1 rings (SSSR count). The number of nitrogens with zero attached hydrogens (tertiary/aromatic N) is 1. The third kappa shape index (κ3) is 8.16. The molecule has 0 saturated carbocycles. The molecule has 0 aliphatic carbocycles. The fourth-order valence-corrected chi connectivity index (χ4v) is 1.98. The van der Waals surface area contributed by atoms with Crippen LogP contribution in [-0.2, 0) is 19.1 Å². The Morgan fingerprint density at radius 2 is 1.52 bits per heavy atom. The summed E-state index contributed by atoms with van der Waals surface area (Å²) in [6, 6.07) is 8.11. The third-order valence-electron chi connectivity index (χ3n) is 3.07. The number of ether oxygens (including phenoxy) is 2. The number of benzene rings is 1. The second kappa shape index (κ2) is 10.6. The molecule has 0 radical (unpaired) electrons. The summed E-state index contributed by atoms with van der Waals surface area (Å²) in [7, 11) is 0. The summed E-state index contributed by atoms with van der Waals surface area (Å²) in [6.07, 6.45) is 3.88. The molecule has 0 unspecified atom stereocenters. The van der Waals surface area contributed by atoms with Gasteiger partial charge in [-0.15, -0.1) is 0 Å². The number of rotatable bonds is 9. The van der Waals surface area contributed by atoms with Crippen molar-refractivity contribution in [2.45, 2.75) is 20.8 Å². The van der Waals surface area contributed by atoms with E-state index < -0.39 is 0 Å². The Labute approximate surface area is 137 Å². The van der Waals surface area contributed by atoms with Gasteiger partial charge in [0.05, 0.1) is 26.3 Å². The summed E-state index contributed by atoms with van der Waals surface area (Å²) < 4.78 is 9.87. The minimum Gasteiger partial charge on any atom is -0.465 e. The van der Waals surface area contributed by atoms with Gasteiger partial charge in [-0.25, -0.2) is 0 Å². The average molecular weight is 319 g/mol. The highest BCUT2D eigenvalue weighted by Crippen LogP contribution is 2.05. The van der Waals surface area contributed by atoms with Gasteiger partial charge < -0.3 is 9.47 Å². The third-order valence-corrected chi connectivity index (χ3v) is 3.07. The topological polar surface area (TPSA) is 55.8 Å². The van der Waals surface area contributed by atoms with Crippen molar-refractivity contribution in [2.24, 2.45) is 0 Å². The molecule has 5 heteroatoms. The van der Waals surface area contributed by atoms with Gasteiger partial charge in [0, 0.05) is 6.54 Å². The first-order chi connectivity index (χ1) is 11.0.